The first kappa shape index (κ1) is 17.5. The SMILES string of the molecule is Cc1cccc(NC(=O)COc2cccc(-c3noc(-c4ccco4)n3)c2)c1. The van der Waals surface area contributed by atoms with E-state index in [4.69, 9.17) is 13.7 Å². The molecule has 7 nitrogen and oxygen atoms in total. The van der Waals surface area contributed by atoms with Gasteiger partial charge < -0.3 is 19.0 Å². The quantitative estimate of drug-likeness (QED) is 0.540. The zero-order valence-corrected chi connectivity index (χ0v) is 15.1. The monoisotopic (exact) mass is 375 g/mol. The molecular formula is C21H17N3O4. The number of hydrogen-bond donors (Lipinski definition) is 1. The molecule has 0 bridgehead atoms. The number of anilines is 1. The summed E-state index contributed by atoms with van der Waals surface area (Å²) in [4.78, 5) is 16.4. The predicted octanol–water partition coefficient (Wildman–Crippen LogP) is 4.32. The summed E-state index contributed by atoms with van der Waals surface area (Å²) < 4.78 is 16.1. The van der Waals surface area contributed by atoms with Gasteiger partial charge in [0.05, 0.1) is 6.26 Å². The van der Waals surface area contributed by atoms with Crippen molar-refractivity contribution < 1.29 is 18.5 Å². The van der Waals surface area contributed by atoms with Crippen molar-refractivity contribution in [2.45, 2.75) is 6.92 Å². The lowest BCUT2D eigenvalue weighted by atomic mass is 10.2. The summed E-state index contributed by atoms with van der Waals surface area (Å²) in [5, 5.41) is 6.77. The highest BCUT2D eigenvalue weighted by atomic mass is 16.5. The summed E-state index contributed by atoms with van der Waals surface area (Å²) in [5.41, 5.74) is 2.51. The molecular weight excluding hydrogens is 358 g/mol. The molecule has 0 unspecified atom stereocenters. The maximum absolute atomic E-state index is 12.1. The van der Waals surface area contributed by atoms with Crippen molar-refractivity contribution in [1.82, 2.24) is 10.1 Å². The van der Waals surface area contributed by atoms with Crippen molar-refractivity contribution in [2.24, 2.45) is 0 Å². The van der Waals surface area contributed by atoms with Crippen LogP contribution in [0.15, 0.2) is 75.9 Å². The van der Waals surface area contributed by atoms with Gasteiger partial charge in [0, 0.05) is 11.3 Å². The number of aromatic nitrogens is 2. The largest absolute Gasteiger partial charge is 0.484 e. The normalized spacial score (nSPS) is 10.6. The van der Waals surface area contributed by atoms with E-state index in [2.05, 4.69) is 15.5 Å². The predicted molar refractivity (Wildman–Crippen MR) is 103 cm³/mol. The van der Waals surface area contributed by atoms with Gasteiger partial charge >= 0.3 is 0 Å². The Morgan fingerprint density at radius 3 is 2.82 bits per heavy atom. The molecule has 28 heavy (non-hydrogen) atoms. The molecule has 7 heteroatoms. The van der Waals surface area contributed by atoms with E-state index in [1.165, 1.54) is 6.26 Å². The highest BCUT2D eigenvalue weighted by Crippen LogP contribution is 2.25. The van der Waals surface area contributed by atoms with Gasteiger partial charge in [0.15, 0.2) is 12.4 Å². The van der Waals surface area contributed by atoms with Crippen molar-refractivity contribution in [2.75, 3.05) is 11.9 Å². The third-order valence-corrected chi connectivity index (χ3v) is 3.92. The third kappa shape index (κ3) is 4.09. The van der Waals surface area contributed by atoms with E-state index in [-0.39, 0.29) is 12.5 Å². The lowest BCUT2D eigenvalue weighted by molar-refractivity contribution is -0.118. The van der Waals surface area contributed by atoms with E-state index >= 15 is 0 Å². The van der Waals surface area contributed by atoms with Crippen LogP contribution in [0.1, 0.15) is 5.56 Å². The van der Waals surface area contributed by atoms with Crippen molar-refractivity contribution in [3.63, 3.8) is 0 Å². The Morgan fingerprint density at radius 1 is 1.11 bits per heavy atom. The number of furan rings is 1. The van der Waals surface area contributed by atoms with Gasteiger partial charge in [-0.05, 0) is 48.9 Å². The van der Waals surface area contributed by atoms with E-state index in [9.17, 15) is 4.79 Å². The average molecular weight is 375 g/mol. The van der Waals surface area contributed by atoms with Crippen molar-refractivity contribution in [3.8, 4) is 28.8 Å². The Labute approximate surface area is 161 Å². The maximum atomic E-state index is 12.1. The molecule has 1 N–H and O–H groups in total. The Morgan fingerprint density at radius 2 is 2.00 bits per heavy atom. The lowest BCUT2D eigenvalue weighted by Crippen LogP contribution is -2.20. The topological polar surface area (TPSA) is 90.4 Å². The van der Waals surface area contributed by atoms with E-state index in [1.54, 1.807) is 30.3 Å². The van der Waals surface area contributed by atoms with Gasteiger partial charge in [-0.3, -0.25) is 4.79 Å². The Balaban J connectivity index is 1.41. The van der Waals surface area contributed by atoms with Gasteiger partial charge in [0.25, 0.3) is 11.8 Å². The second kappa shape index (κ2) is 7.79. The second-order valence-corrected chi connectivity index (χ2v) is 6.13. The molecule has 0 spiro atoms. The fourth-order valence-electron chi connectivity index (χ4n) is 2.63. The number of rotatable bonds is 6. The van der Waals surface area contributed by atoms with Crippen LogP contribution in [0.5, 0.6) is 5.75 Å². The van der Waals surface area contributed by atoms with Crippen molar-refractivity contribution >= 4 is 11.6 Å². The zero-order chi connectivity index (χ0) is 19.3. The Hall–Kier alpha value is -3.87. The molecule has 140 valence electrons. The van der Waals surface area contributed by atoms with Crippen LogP contribution in [-0.2, 0) is 4.79 Å². The molecule has 0 aliphatic heterocycles. The summed E-state index contributed by atoms with van der Waals surface area (Å²) in [6, 6.07) is 18.2. The van der Waals surface area contributed by atoms with E-state index in [0.717, 1.165) is 11.3 Å². The van der Waals surface area contributed by atoms with Gasteiger partial charge in [-0.2, -0.15) is 4.98 Å². The minimum atomic E-state index is -0.240. The van der Waals surface area contributed by atoms with Crippen LogP contribution in [0.3, 0.4) is 0 Å². The van der Waals surface area contributed by atoms with Crippen LogP contribution >= 0.6 is 0 Å². The number of nitrogens with one attached hydrogen (secondary N) is 1. The first-order chi connectivity index (χ1) is 13.7. The Kier molecular flexibility index (Phi) is 4.88. The summed E-state index contributed by atoms with van der Waals surface area (Å²) in [5.74, 6) is 1.49. The van der Waals surface area contributed by atoms with E-state index in [0.29, 0.717) is 28.8 Å². The molecule has 2 heterocycles. The summed E-state index contributed by atoms with van der Waals surface area (Å²) in [6.45, 7) is 1.86. The molecule has 2 aromatic carbocycles. The smallest absolute Gasteiger partial charge is 0.293 e. The van der Waals surface area contributed by atoms with Gasteiger partial charge in [-0.1, -0.05) is 29.4 Å². The van der Waals surface area contributed by atoms with Crippen LogP contribution in [-0.4, -0.2) is 22.7 Å². The molecule has 0 aliphatic carbocycles. The molecule has 0 atom stereocenters. The van der Waals surface area contributed by atoms with Crippen LogP contribution in [0, 0.1) is 6.92 Å². The highest BCUT2D eigenvalue weighted by molar-refractivity contribution is 5.91. The molecule has 0 fully saturated rings. The molecule has 2 aromatic heterocycles. The molecule has 0 saturated carbocycles. The fourth-order valence-corrected chi connectivity index (χ4v) is 2.63. The van der Waals surface area contributed by atoms with Crippen LogP contribution < -0.4 is 10.1 Å². The lowest BCUT2D eigenvalue weighted by Gasteiger charge is -2.08. The minimum absolute atomic E-state index is 0.110. The number of amides is 1. The Bertz CT molecular complexity index is 1090. The summed E-state index contributed by atoms with van der Waals surface area (Å²) >= 11 is 0. The third-order valence-electron chi connectivity index (χ3n) is 3.92. The van der Waals surface area contributed by atoms with Crippen LogP contribution in [0.4, 0.5) is 5.69 Å². The van der Waals surface area contributed by atoms with Crippen LogP contribution in [0.2, 0.25) is 0 Å². The number of carbonyl (C=O) groups is 1. The summed E-state index contributed by atoms with van der Waals surface area (Å²) in [7, 11) is 0. The zero-order valence-electron chi connectivity index (χ0n) is 15.1. The average Bonchev–Trinajstić information content (AvgIpc) is 3.38. The van der Waals surface area contributed by atoms with Gasteiger partial charge in [-0.15, -0.1) is 0 Å². The molecule has 0 aliphatic rings. The highest BCUT2D eigenvalue weighted by Gasteiger charge is 2.13. The van der Waals surface area contributed by atoms with Crippen molar-refractivity contribution in [3.05, 3.63) is 72.5 Å². The first-order valence-electron chi connectivity index (χ1n) is 8.65. The number of hydrogen-bond acceptors (Lipinski definition) is 6. The standard InChI is InChI=1S/C21H17N3O4/c1-14-5-2-7-16(11-14)22-19(25)13-27-17-8-3-6-15(12-17)20-23-21(28-24-20)18-9-4-10-26-18/h2-12H,13H2,1H3,(H,22,25). The van der Waals surface area contributed by atoms with Gasteiger partial charge in [0.1, 0.15) is 5.75 Å². The number of ether oxygens (including phenoxy) is 1. The second-order valence-electron chi connectivity index (χ2n) is 6.13. The molecule has 0 saturated heterocycles. The van der Waals surface area contributed by atoms with E-state index < -0.39 is 0 Å². The van der Waals surface area contributed by atoms with Gasteiger partial charge in [-0.25, -0.2) is 0 Å². The molecule has 4 aromatic rings. The molecule has 0 radical (unpaired) electrons. The number of benzene rings is 2. The number of nitrogens with zero attached hydrogens (tertiary/aromatic N) is 2. The summed E-state index contributed by atoms with van der Waals surface area (Å²) in [6.07, 6.45) is 1.54. The van der Waals surface area contributed by atoms with E-state index in [1.807, 2.05) is 37.3 Å². The van der Waals surface area contributed by atoms with Gasteiger partial charge in [0.2, 0.25) is 5.82 Å². The first-order valence-corrected chi connectivity index (χ1v) is 8.65. The minimum Gasteiger partial charge on any atom is -0.484 e. The fraction of sp³-hybridized carbons (Fsp3) is 0.0952. The molecule has 4 rings (SSSR count). The number of carbonyl (C=O) groups excluding carboxylic acids is 1. The molecule has 1 amide bonds. The van der Waals surface area contributed by atoms with Crippen molar-refractivity contribution in [1.29, 1.82) is 0 Å². The number of aryl methyl sites for hydroxylation is 1. The van der Waals surface area contributed by atoms with Crippen LogP contribution in [0.25, 0.3) is 23.0 Å². The maximum Gasteiger partial charge on any atom is 0.293 e.